The molecule has 1 aromatic carbocycles. The molecule has 1 fully saturated rings. The van der Waals surface area contributed by atoms with Gasteiger partial charge in [-0.1, -0.05) is 11.6 Å². The quantitative estimate of drug-likeness (QED) is 0.696. The molecule has 1 amide bonds. The number of hydrogen-bond donors (Lipinski definition) is 3. The van der Waals surface area contributed by atoms with Crippen molar-refractivity contribution in [3.8, 4) is 0 Å². The van der Waals surface area contributed by atoms with E-state index >= 15 is 0 Å². The number of aliphatic hydroxyl groups is 1. The highest BCUT2D eigenvalue weighted by Crippen LogP contribution is 2.28. The predicted molar refractivity (Wildman–Crippen MR) is 101 cm³/mol. The lowest BCUT2D eigenvalue weighted by atomic mass is 9.93. The molecule has 0 aliphatic heterocycles. The highest BCUT2D eigenvalue weighted by atomic mass is 35.5. The molecular formula is C17H21ClN4O4S. The molecule has 27 heavy (non-hydrogen) atoms. The fourth-order valence-corrected chi connectivity index (χ4v) is 4.19. The van der Waals surface area contributed by atoms with Crippen LogP contribution in [0.3, 0.4) is 0 Å². The molecule has 1 aliphatic carbocycles. The number of aromatic nitrogens is 2. The maximum Gasteiger partial charge on any atom is 0.258 e. The van der Waals surface area contributed by atoms with Crippen LogP contribution in [-0.4, -0.2) is 42.4 Å². The molecule has 1 heterocycles. The van der Waals surface area contributed by atoms with Crippen molar-refractivity contribution in [2.75, 3.05) is 12.4 Å². The van der Waals surface area contributed by atoms with Crippen molar-refractivity contribution in [2.24, 2.45) is 0 Å². The normalized spacial score (nSPS) is 20.4. The summed E-state index contributed by atoms with van der Waals surface area (Å²) in [5, 5.41) is 16.7. The van der Waals surface area contributed by atoms with Crippen molar-refractivity contribution in [1.82, 2.24) is 14.5 Å². The molecule has 8 nitrogen and oxygen atoms in total. The third-order valence-corrected chi connectivity index (χ3v) is 6.22. The monoisotopic (exact) mass is 412 g/mol. The second kappa shape index (κ2) is 7.97. The van der Waals surface area contributed by atoms with Gasteiger partial charge < -0.3 is 10.4 Å². The van der Waals surface area contributed by atoms with Gasteiger partial charge in [-0.2, -0.15) is 5.10 Å². The van der Waals surface area contributed by atoms with E-state index in [1.807, 2.05) is 0 Å². The first kappa shape index (κ1) is 19.8. The minimum absolute atomic E-state index is 0.0377. The Kier molecular flexibility index (Phi) is 5.85. The minimum Gasteiger partial charge on any atom is -0.393 e. The summed E-state index contributed by atoms with van der Waals surface area (Å²) in [6.45, 7) is 0. The van der Waals surface area contributed by atoms with E-state index in [-0.39, 0.29) is 27.8 Å². The number of nitrogens with zero attached hydrogens (tertiary/aromatic N) is 2. The standard InChI is InChI=1S/C17H21ClN4O4S/c1-19-27(25,26)16-7-12(18)6-13(8-16)21-17(24)11-9-20-22(10-11)14-2-4-15(23)5-3-14/h6-10,14-15,19,23H,2-5H2,1H3,(H,21,24). The average molecular weight is 413 g/mol. The van der Waals surface area contributed by atoms with Crippen LogP contribution >= 0.6 is 11.6 Å². The molecular weight excluding hydrogens is 392 g/mol. The highest BCUT2D eigenvalue weighted by molar-refractivity contribution is 7.89. The van der Waals surface area contributed by atoms with Crippen molar-refractivity contribution in [3.63, 3.8) is 0 Å². The number of carbonyl (C=O) groups is 1. The number of amides is 1. The largest absolute Gasteiger partial charge is 0.393 e. The molecule has 1 saturated carbocycles. The van der Waals surface area contributed by atoms with E-state index in [0.717, 1.165) is 25.7 Å². The van der Waals surface area contributed by atoms with E-state index in [9.17, 15) is 18.3 Å². The predicted octanol–water partition coefficient (Wildman–Crippen LogP) is 2.17. The third kappa shape index (κ3) is 4.67. The molecule has 0 atom stereocenters. The van der Waals surface area contributed by atoms with Crippen LogP contribution in [-0.2, 0) is 10.0 Å². The zero-order chi connectivity index (χ0) is 19.6. The van der Waals surface area contributed by atoms with E-state index in [2.05, 4.69) is 15.1 Å². The second-order valence-electron chi connectivity index (χ2n) is 6.51. The zero-order valence-corrected chi connectivity index (χ0v) is 16.3. The molecule has 0 saturated heterocycles. The van der Waals surface area contributed by atoms with E-state index in [1.165, 1.54) is 31.4 Å². The number of aliphatic hydroxyl groups excluding tert-OH is 1. The molecule has 146 valence electrons. The average Bonchev–Trinajstić information content (AvgIpc) is 3.12. The van der Waals surface area contributed by atoms with Crippen molar-refractivity contribution >= 4 is 33.2 Å². The van der Waals surface area contributed by atoms with Gasteiger partial charge in [0.05, 0.1) is 28.8 Å². The lowest BCUT2D eigenvalue weighted by molar-refractivity contribution is 0.102. The summed E-state index contributed by atoms with van der Waals surface area (Å²) < 4.78 is 27.9. The summed E-state index contributed by atoms with van der Waals surface area (Å²) in [5.41, 5.74) is 0.633. The Hall–Kier alpha value is -1.94. The van der Waals surface area contributed by atoms with Crippen LogP contribution < -0.4 is 10.0 Å². The summed E-state index contributed by atoms with van der Waals surface area (Å²) in [4.78, 5) is 12.5. The molecule has 0 radical (unpaired) electrons. The van der Waals surface area contributed by atoms with Gasteiger partial charge in [0, 0.05) is 16.9 Å². The Morgan fingerprint density at radius 1 is 1.26 bits per heavy atom. The van der Waals surface area contributed by atoms with E-state index in [1.54, 1.807) is 10.9 Å². The van der Waals surface area contributed by atoms with Crippen molar-refractivity contribution in [3.05, 3.63) is 41.2 Å². The SMILES string of the molecule is CNS(=O)(=O)c1cc(Cl)cc(NC(=O)c2cnn(C3CCC(O)CC3)c2)c1. The van der Waals surface area contributed by atoms with Gasteiger partial charge in [0.1, 0.15) is 0 Å². The Bertz CT molecular complexity index is 936. The molecule has 1 aliphatic rings. The molecule has 3 rings (SSSR count). The van der Waals surface area contributed by atoms with Gasteiger partial charge >= 0.3 is 0 Å². The maximum atomic E-state index is 12.5. The van der Waals surface area contributed by atoms with E-state index in [4.69, 9.17) is 11.6 Å². The number of sulfonamides is 1. The lowest BCUT2D eigenvalue weighted by Crippen LogP contribution is -2.21. The van der Waals surface area contributed by atoms with E-state index < -0.39 is 15.9 Å². The lowest BCUT2D eigenvalue weighted by Gasteiger charge is -2.25. The number of benzene rings is 1. The third-order valence-electron chi connectivity index (χ3n) is 4.61. The number of carbonyl (C=O) groups excluding carboxylic acids is 1. The van der Waals surface area contributed by atoms with Crippen LogP contribution in [0.25, 0.3) is 0 Å². The van der Waals surface area contributed by atoms with Gasteiger partial charge in [-0.05, 0) is 50.9 Å². The van der Waals surface area contributed by atoms with Crippen LogP contribution in [0.4, 0.5) is 5.69 Å². The summed E-state index contributed by atoms with van der Waals surface area (Å²) in [6, 6.07) is 4.27. The summed E-state index contributed by atoms with van der Waals surface area (Å²) >= 11 is 5.98. The molecule has 0 unspecified atom stereocenters. The van der Waals surface area contributed by atoms with Crippen molar-refractivity contribution in [1.29, 1.82) is 0 Å². The zero-order valence-electron chi connectivity index (χ0n) is 14.7. The molecule has 2 aromatic rings. The highest BCUT2D eigenvalue weighted by Gasteiger charge is 2.22. The summed E-state index contributed by atoms with van der Waals surface area (Å²) in [6.07, 6.45) is 5.93. The molecule has 0 spiro atoms. The first-order chi connectivity index (χ1) is 12.8. The van der Waals surface area contributed by atoms with Gasteiger partial charge in [0.25, 0.3) is 5.91 Å². The van der Waals surface area contributed by atoms with Crippen LogP contribution in [0.2, 0.25) is 5.02 Å². The number of halogens is 1. The van der Waals surface area contributed by atoms with E-state index in [0.29, 0.717) is 5.56 Å². The maximum absolute atomic E-state index is 12.5. The molecule has 1 aromatic heterocycles. The van der Waals surface area contributed by atoms with Crippen LogP contribution in [0.15, 0.2) is 35.5 Å². The second-order valence-corrected chi connectivity index (χ2v) is 8.83. The Labute approximate surface area is 162 Å². The Morgan fingerprint density at radius 3 is 2.63 bits per heavy atom. The number of rotatable bonds is 5. The van der Waals surface area contributed by atoms with Crippen LogP contribution in [0.5, 0.6) is 0 Å². The molecule has 0 bridgehead atoms. The van der Waals surface area contributed by atoms with Gasteiger partial charge in [-0.25, -0.2) is 13.1 Å². The number of nitrogens with one attached hydrogen (secondary N) is 2. The first-order valence-corrected chi connectivity index (χ1v) is 10.4. The smallest absolute Gasteiger partial charge is 0.258 e. The number of anilines is 1. The fraction of sp³-hybridized carbons (Fsp3) is 0.412. The Balaban J connectivity index is 1.75. The van der Waals surface area contributed by atoms with Gasteiger partial charge in [0.15, 0.2) is 0 Å². The topological polar surface area (TPSA) is 113 Å². The number of hydrogen-bond acceptors (Lipinski definition) is 5. The fourth-order valence-electron chi connectivity index (χ4n) is 3.09. The van der Waals surface area contributed by atoms with Gasteiger partial charge in [-0.3, -0.25) is 9.48 Å². The van der Waals surface area contributed by atoms with Gasteiger partial charge in [-0.15, -0.1) is 0 Å². The molecule has 3 N–H and O–H groups in total. The minimum atomic E-state index is -3.68. The van der Waals surface area contributed by atoms with Gasteiger partial charge in [0.2, 0.25) is 10.0 Å². The van der Waals surface area contributed by atoms with Crippen molar-refractivity contribution < 1.29 is 18.3 Å². The van der Waals surface area contributed by atoms with Crippen LogP contribution in [0, 0.1) is 0 Å². The molecule has 10 heteroatoms. The van der Waals surface area contributed by atoms with Crippen LogP contribution in [0.1, 0.15) is 42.1 Å². The first-order valence-electron chi connectivity index (χ1n) is 8.56. The summed E-state index contributed by atoms with van der Waals surface area (Å²) in [5.74, 6) is -0.410. The Morgan fingerprint density at radius 2 is 1.96 bits per heavy atom. The van der Waals surface area contributed by atoms with Crippen molar-refractivity contribution in [2.45, 2.75) is 42.7 Å². The summed E-state index contributed by atoms with van der Waals surface area (Å²) in [7, 11) is -2.38.